The van der Waals surface area contributed by atoms with Gasteiger partial charge in [-0.1, -0.05) is 17.7 Å². The highest BCUT2D eigenvalue weighted by atomic mass is 35.5. The third kappa shape index (κ3) is 3.27. The van der Waals surface area contributed by atoms with Crippen LogP contribution in [0.25, 0.3) is 0 Å². The Labute approximate surface area is 116 Å². The maximum Gasteiger partial charge on any atom is 0.0239 e. The van der Waals surface area contributed by atoms with E-state index in [-0.39, 0.29) is 0 Å². The van der Waals surface area contributed by atoms with Crippen LogP contribution >= 0.6 is 11.6 Å². The van der Waals surface area contributed by atoms with E-state index in [1.165, 1.54) is 48.2 Å². The summed E-state index contributed by atoms with van der Waals surface area (Å²) in [5.74, 6) is 1.62. The molecule has 1 atom stereocenters. The summed E-state index contributed by atoms with van der Waals surface area (Å²) in [6.07, 6.45) is 2.49. The van der Waals surface area contributed by atoms with Crippen LogP contribution in [0.5, 0.6) is 0 Å². The Hall–Kier alpha value is -0.530. The highest BCUT2D eigenvalue weighted by Crippen LogP contribution is 2.24. The summed E-state index contributed by atoms with van der Waals surface area (Å²) < 4.78 is 0. The summed E-state index contributed by atoms with van der Waals surface area (Å²) in [5, 5.41) is 0. The second-order valence-corrected chi connectivity index (χ2v) is 6.12. The zero-order valence-electron chi connectivity index (χ0n) is 11.8. The molecule has 1 heterocycles. The molecule has 1 fully saturated rings. The van der Waals surface area contributed by atoms with Crippen LogP contribution in [-0.2, 0) is 6.54 Å². The second-order valence-electron chi connectivity index (χ2n) is 5.74. The number of alkyl halides is 1. The fourth-order valence-electron chi connectivity index (χ4n) is 3.13. The van der Waals surface area contributed by atoms with Crippen LogP contribution in [0.3, 0.4) is 0 Å². The quantitative estimate of drug-likeness (QED) is 0.742. The third-order valence-electron chi connectivity index (χ3n) is 4.11. The van der Waals surface area contributed by atoms with Crippen LogP contribution < -0.4 is 0 Å². The topological polar surface area (TPSA) is 3.24 Å². The fourth-order valence-corrected chi connectivity index (χ4v) is 3.44. The van der Waals surface area contributed by atoms with Crippen LogP contribution in [0.2, 0.25) is 0 Å². The molecule has 0 aliphatic carbocycles. The lowest BCUT2D eigenvalue weighted by molar-refractivity contribution is 0.314. The van der Waals surface area contributed by atoms with Crippen LogP contribution in [0, 0.1) is 26.7 Å². The summed E-state index contributed by atoms with van der Waals surface area (Å²) in [5.41, 5.74) is 5.77. The molecular weight excluding hydrogens is 242 g/mol. The molecule has 1 aromatic rings. The molecule has 1 aromatic carbocycles. The zero-order valence-corrected chi connectivity index (χ0v) is 12.6. The summed E-state index contributed by atoms with van der Waals surface area (Å²) >= 11 is 5.84. The lowest BCUT2D eigenvalue weighted by Crippen LogP contribution is -2.21. The van der Waals surface area contributed by atoms with Crippen molar-refractivity contribution >= 4 is 11.6 Å². The van der Waals surface area contributed by atoms with Gasteiger partial charge in [-0.15, -0.1) is 11.6 Å². The van der Waals surface area contributed by atoms with Crippen LogP contribution in [0.4, 0.5) is 0 Å². The Bertz CT molecular complexity index is 391. The van der Waals surface area contributed by atoms with Crippen LogP contribution in [0.15, 0.2) is 12.1 Å². The molecule has 2 rings (SSSR count). The first-order chi connectivity index (χ1) is 8.60. The minimum Gasteiger partial charge on any atom is -0.299 e. The fraction of sp³-hybridized carbons (Fsp3) is 0.625. The van der Waals surface area contributed by atoms with Gasteiger partial charge in [0, 0.05) is 19.0 Å². The third-order valence-corrected chi connectivity index (χ3v) is 4.33. The lowest BCUT2D eigenvalue weighted by atomic mass is 9.99. The Morgan fingerprint density at radius 1 is 1.22 bits per heavy atom. The summed E-state index contributed by atoms with van der Waals surface area (Å²) in [7, 11) is 0. The van der Waals surface area contributed by atoms with E-state index in [4.69, 9.17) is 11.6 Å². The molecule has 0 N–H and O–H groups in total. The first-order valence-corrected chi connectivity index (χ1v) is 7.48. The summed E-state index contributed by atoms with van der Waals surface area (Å²) in [4.78, 5) is 2.59. The van der Waals surface area contributed by atoms with Gasteiger partial charge >= 0.3 is 0 Å². The molecule has 0 spiro atoms. The molecular formula is C16H24ClN. The van der Waals surface area contributed by atoms with Crippen molar-refractivity contribution in [1.82, 2.24) is 4.90 Å². The molecule has 18 heavy (non-hydrogen) atoms. The van der Waals surface area contributed by atoms with Crippen molar-refractivity contribution in [3.8, 4) is 0 Å². The molecule has 0 saturated carbocycles. The van der Waals surface area contributed by atoms with Gasteiger partial charge in [0.15, 0.2) is 0 Å². The normalized spacial score (nSPS) is 20.6. The van der Waals surface area contributed by atoms with Gasteiger partial charge in [-0.3, -0.25) is 4.90 Å². The molecule has 1 aliphatic heterocycles. The smallest absolute Gasteiger partial charge is 0.0239 e. The Kier molecular flexibility index (Phi) is 4.69. The zero-order chi connectivity index (χ0) is 13.1. The molecule has 0 bridgehead atoms. The van der Waals surface area contributed by atoms with Gasteiger partial charge in [0.1, 0.15) is 0 Å². The number of halogens is 1. The van der Waals surface area contributed by atoms with E-state index < -0.39 is 0 Å². The molecule has 1 aliphatic rings. The predicted octanol–water partition coefficient (Wildman–Crippen LogP) is 4.06. The number of likely N-dealkylation sites (tertiary alicyclic amines) is 1. The molecule has 2 heteroatoms. The minimum atomic E-state index is 0.807. The molecule has 0 amide bonds. The van der Waals surface area contributed by atoms with Gasteiger partial charge in [0.2, 0.25) is 0 Å². The van der Waals surface area contributed by atoms with Gasteiger partial charge in [-0.25, -0.2) is 0 Å². The van der Waals surface area contributed by atoms with Gasteiger partial charge in [-0.05, 0) is 62.8 Å². The average molecular weight is 266 g/mol. The average Bonchev–Trinajstić information content (AvgIpc) is 2.72. The van der Waals surface area contributed by atoms with Crippen molar-refractivity contribution in [2.24, 2.45) is 5.92 Å². The standard InChI is InChI=1S/C16H24ClN/c1-12-8-13(2)16(14(3)9-12)11-18-7-5-15(10-18)4-6-17/h8-9,15H,4-7,10-11H2,1-3H3. The van der Waals surface area contributed by atoms with Crippen molar-refractivity contribution in [1.29, 1.82) is 0 Å². The van der Waals surface area contributed by atoms with E-state index in [9.17, 15) is 0 Å². The number of nitrogens with zero attached hydrogens (tertiary/aromatic N) is 1. The Balaban J connectivity index is 2.02. The van der Waals surface area contributed by atoms with Crippen LogP contribution in [-0.4, -0.2) is 23.9 Å². The van der Waals surface area contributed by atoms with Crippen LogP contribution in [0.1, 0.15) is 35.1 Å². The number of aryl methyl sites for hydroxylation is 3. The highest BCUT2D eigenvalue weighted by Gasteiger charge is 2.22. The molecule has 0 radical (unpaired) electrons. The number of rotatable bonds is 4. The van der Waals surface area contributed by atoms with Gasteiger partial charge in [0.05, 0.1) is 0 Å². The molecule has 0 aromatic heterocycles. The first-order valence-electron chi connectivity index (χ1n) is 6.95. The highest BCUT2D eigenvalue weighted by molar-refractivity contribution is 6.17. The van der Waals surface area contributed by atoms with Crippen molar-refractivity contribution in [3.05, 3.63) is 34.4 Å². The predicted molar refractivity (Wildman–Crippen MR) is 79.4 cm³/mol. The minimum absolute atomic E-state index is 0.807. The summed E-state index contributed by atoms with van der Waals surface area (Å²) in [6, 6.07) is 4.60. The number of hydrogen-bond acceptors (Lipinski definition) is 1. The number of benzene rings is 1. The van der Waals surface area contributed by atoms with E-state index in [2.05, 4.69) is 37.8 Å². The molecule has 100 valence electrons. The van der Waals surface area contributed by atoms with E-state index in [1.54, 1.807) is 0 Å². The Morgan fingerprint density at radius 2 is 1.89 bits per heavy atom. The number of hydrogen-bond donors (Lipinski definition) is 0. The van der Waals surface area contributed by atoms with Crippen molar-refractivity contribution in [2.75, 3.05) is 19.0 Å². The van der Waals surface area contributed by atoms with Crippen molar-refractivity contribution < 1.29 is 0 Å². The van der Waals surface area contributed by atoms with E-state index in [0.29, 0.717) is 0 Å². The van der Waals surface area contributed by atoms with Gasteiger partial charge in [-0.2, -0.15) is 0 Å². The SMILES string of the molecule is Cc1cc(C)c(CN2CCC(CCCl)C2)c(C)c1. The lowest BCUT2D eigenvalue weighted by Gasteiger charge is -2.19. The van der Waals surface area contributed by atoms with Gasteiger partial charge in [0.25, 0.3) is 0 Å². The van der Waals surface area contributed by atoms with Crippen molar-refractivity contribution in [3.63, 3.8) is 0 Å². The van der Waals surface area contributed by atoms with E-state index in [0.717, 1.165) is 18.3 Å². The molecule has 1 unspecified atom stereocenters. The maximum atomic E-state index is 5.84. The molecule has 1 saturated heterocycles. The van der Waals surface area contributed by atoms with E-state index in [1.807, 2.05) is 0 Å². The van der Waals surface area contributed by atoms with Gasteiger partial charge < -0.3 is 0 Å². The monoisotopic (exact) mass is 265 g/mol. The van der Waals surface area contributed by atoms with Crippen molar-refractivity contribution in [2.45, 2.75) is 40.2 Å². The summed E-state index contributed by atoms with van der Waals surface area (Å²) in [6.45, 7) is 10.2. The Morgan fingerprint density at radius 3 is 2.50 bits per heavy atom. The second kappa shape index (κ2) is 6.08. The first kappa shape index (κ1) is 13.9. The largest absolute Gasteiger partial charge is 0.299 e. The maximum absolute atomic E-state index is 5.84. The molecule has 1 nitrogen and oxygen atoms in total. The van der Waals surface area contributed by atoms with E-state index >= 15 is 0 Å².